The third kappa shape index (κ3) is 1.97. The Balaban J connectivity index is 2.31. The van der Waals surface area contributed by atoms with Gasteiger partial charge in [0.25, 0.3) is 0 Å². The van der Waals surface area contributed by atoms with Crippen LogP contribution in [-0.2, 0) is 6.18 Å². The standard InChI is InChI=1S/C14H9F3N2/c15-14(16,17)12-6-2-1-4-10(12)11-5-3-7-19-9-18-8-13(11)19/h1-9H. The summed E-state index contributed by atoms with van der Waals surface area (Å²) >= 11 is 0. The largest absolute Gasteiger partial charge is 0.417 e. The second kappa shape index (κ2) is 4.12. The number of alkyl halides is 3. The normalized spacial score (nSPS) is 11.9. The molecule has 2 nitrogen and oxygen atoms in total. The molecule has 0 aliphatic carbocycles. The van der Waals surface area contributed by atoms with Gasteiger partial charge in [-0.2, -0.15) is 13.2 Å². The highest BCUT2D eigenvalue weighted by Gasteiger charge is 2.33. The van der Waals surface area contributed by atoms with E-state index in [9.17, 15) is 13.2 Å². The number of rotatable bonds is 1. The number of benzene rings is 1. The van der Waals surface area contributed by atoms with E-state index in [1.54, 1.807) is 41.3 Å². The Morgan fingerprint density at radius 1 is 0.947 bits per heavy atom. The monoisotopic (exact) mass is 262 g/mol. The SMILES string of the molecule is FC(F)(F)c1ccccc1-c1cccn2cncc12. The minimum atomic E-state index is -4.37. The summed E-state index contributed by atoms with van der Waals surface area (Å²) in [6, 6.07) is 8.94. The van der Waals surface area contributed by atoms with E-state index in [4.69, 9.17) is 0 Å². The lowest BCUT2D eigenvalue weighted by atomic mass is 9.99. The number of imidazole rings is 1. The molecule has 3 aromatic rings. The second-order valence-corrected chi connectivity index (χ2v) is 4.15. The van der Waals surface area contributed by atoms with Crippen LogP contribution < -0.4 is 0 Å². The van der Waals surface area contributed by atoms with E-state index < -0.39 is 11.7 Å². The van der Waals surface area contributed by atoms with Gasteiger partial charge in [-0.15, -0.1) is 0 Å². The fourth-order valence-corrected chi connectivity index (χ4v) is 2.14. The summed E-state index contributed by atoms with van der Waals surface area (Å²) in [4.78, 5) is 3.96. The van der Waals surface area contributed by atoms with Crippen molar-refractivity contribution in [2.24, 2.45) is 0 Å². The van der Waals surface area contributed by atoms with E-state index in [2.05, 4.69) is 4.98 Å². The van der Waals surface area contributed by atoms with Crippen LogP contribution in [0.25, 0.3) is 16.6 Å². The van der Waals surface area contributed by atoms with Crippen LogP contribution in [0, 0.1) is 0 Å². The number of hydrogen-bond donors (Lipinski definition) is 0. The van der Waals surface area contributed by atoms with Crippen molar-refractivity contribution < 1.29 is 13.2 Å². The minimum absolute atomic E-state index is 0.168. The van der Waals surface area contributed by atoms with Gasteiger partial charge in [-0.25, -0.2) is 4.98 Å². The number of fused-ring (bicyclic) bond motifs is 1. The molecule has 2 heterocycles. The molecule has 96 valence electrons. The topological polar surface area (TPSA) is 17.3 Å². The first-order chi connectivity index (χ1) is 9.07. The second-order valence-electron chi connectivity index (χ2n) is 4.15. The molecule has 0 spiro atoms. The molecule has 0 radical (unpaired) electrons. The van der Waals surface area contributed by atoms with E-state index in [0.29, 0.717) is 11.1 Å². The van der Waals surface area contributed by atoms with Crippen molar-refractivity contribution in [3.8, 4) is 11.1 Å². The Kier molecular flexibility index (Phi) is 2.55. The summed E-state index contributed by atoms with van der Waals surface area (Å²) in [6.07, 6.45) is 0.503. The number of nitrogens with zero attached hydrogens (tertiary/aromatic N) is 2. The van der Waals surface area contributed by atoms with Gasteiger partial charge in [-0.05, 0) is 17.7 Å². The predicted octanol–water partition coefficient (Wildman–Crippen LogP) is 4.02. The number of halogens is 3. The van der Waals surface area contributed by atoms with Crippen molar-refractivity contribution in [2.75, 3.05) is 0 Å². The quantitative estimate of drug-likeness (QED) is 0.647. The van der Waals surface area contributed by atoms with Crippen LogP contribution >= 0.6 is 0 Å². The molecule has 5 heteroatoms. The van der Waals surface area contributed by atoms with Gasteiger partial charge in [-0.1, -0.05) is 24.3 Å². The maximum absolute atomic E-state index is 13.0. The van der Waals surface area contributed by atoms with Gasteiger partial charge >= 0.3 is 6.18 Å². The van der Waals surface area contributed by atoms with Crippen LogP contribution in [0.2, 0.25) is 0 Å². The molecular weight excluding hydrogens is 253 g/mol. The van der Waals surface area contributed by atoms with E-state index in [1.807, 2.05) is 0 Å². The first kappa shape index (κ1) is 11.8. The molecule has 0 saturated carbocycles. The van der Waals surface area contributed by atoms with Gasteiger partial charge in [0.1, 0.15) is 0 Å². The number of pyridine rings is 1. The molecule has 0 saturated heterocycles. The summed E-state index contributed by atoms with van der Waals surface area (Å²) < 4.78 is 40.8. The highest BCUT2D eigenvalue weighted by atomic mass is 19.4. The zero-order chi connectivity index (χ0) is 13.5. The lowest BCUT2D eigenvalue weighted by molar-refractivity contribution is -0.137. The van der Waals surface area contributed by atoms with E-state index >= 15 is 0 Å². The van der Waals surface area contributed by atoms with Gasteiger partial charge in [0, 0.05) is 11.8 Å². The summed E-state index contributed by atoms with van der Waals surface area (Å²) in [6.45, 7) is 0. The third-order valence-electron chi connectivity index (χ3n) is 2.97. The Hall–Kier alpha value is -2.30. The van der Waals surface area contributed by atoms with Crippen LogP contribution in [-0.4, -0.2) is 9.38 Å². The minimum Gasteiger partial charge on any atom is -0.306 e. The molecule has 2 aromatic heterocycles. The number of hydrogen-bond acceptors (Lipinski definition) is 1. The molecule has 0 unspecified atom stereocenters. The Morgan fingerprint density at radius 3 is 2.47 bits per heavy atom. The average Bonchev–Trinajstić information content (AvgIpc) is 2.85. The molecule has 0 amide bonds. The van der Waals surface area contributed by atoms with Gasteiger partial charge in [0.2, 0.25) is 0 Å². The Labute approximate surface area is 107 Å². The molecule has 0 aliphatic heterocycles. The summed E-state index contributed by atoms with van der Waals surface area (Å²) in [5.41, 5.74) is 0.706. The Bertz CT molecular complexity index is 729. The van der Waals surface area contributed by atoms with Crippen molar-refractivity contribution in [3.05, 3.63) is 60.7 Å². The molecule has 0 bridgehead atoms. The van der Waals surface area contributed by atoms with Gasteiger partial charge in [0.15, 0.2) is 0 Å². The van der Waals surface area contributed by atoms with Crippen molar-refractivity contribution >= 4 is 5.52 Å². The first-order valence-electron chi connectivity index (χ1n) is 5.64. The van der Waals surface area contributed by atoms with Gasteiger partial charge in [-0.3, -0.25) is 0 Å². The van der Waals surface area contributed by atoms with Crippen molar-refractivity contribution in [3.63, 3.8) is 0 Å². The highest BCUT2D eigenvalue weighted by Crippen LogP contribution is 2.38. The molecule has 0 N–H and O–H groups in total. The van der Waals surface area contributed by atoms with Gasteiger partial charge in [0.05, 0.1) is 23.6 Å². The molecule has 0 fully saturated rings. The van der Waals surface area contributed by atoms with Crippen molar-refractivity contribution in [1.82, 2.24) is 9.38 Å². The third-order valence-corrected chi connectivity index (χ3v) is 2.97. The molecule has 0 atom stereocenters. The van der Waals surface area contributed by atoms with Crippen molar-refractivity contribution in [2.45, 2.75) is 6.18 Å². The fraction of sp³-hybridized carbons (Fsp3) is 0.0714. The smallest absolute Gasteiger partial charge is 0.306 e. The summed E-state index contributed by atoms with van der Waals surface area (Å²) in [5, 5.41) is 0. The maximum Gasteiger partial charge on any atom is 0.417 e. The first-order valence-corrected chi connectivity index (χ1v) is 5.64. The van der Waals surface area contributed by atoms with Gasteiger partial charge < -0.3 is 4.40 Å². The lowest BCUT2D eigenvalue weighted by Gasteiger charge is -2.13. The number of aromatic nitrogens is 2. The zero-order valence-corrected chi connectivity index (χ0v) is 9.72. The fourth-order valence-electron chi connectivity index (χ4n) is 2.14. The molecule has 1 aromatic carbocycles. The van der Waals surface area contributed by atoms with E-state index in [-0.39, 0.29) is 5.56 Å². The predicted molar refractivity (Wildman–Crippen MR) is 65.6 cm³/mol. The zero-order valence-electron chi connectivity index (χ0n) is 9.72. The van der Waals surface area contributed by atoms with E-state index in [1.165, 1.54) is 12.1 Å². The molecule has 3 rings (SSSR count). The van der Waals surface area contributed by atoms with Crippen LogP contribution in [0.4, 0.5) is 13.2 Å². The van der Waals surface area contributed by atoms with Crippen LogP contribution in [0.15, 0.2) is 55.1 Å². The molecule has 0 aliphatic rings. The summed E-state index contributed by atoms with van der Waals surface area (Å²) in [7, 11) is 0. The highest BCUT2D eigenvalue weighted by molar-refractivity contribution is 5.82. The molecular formula is C14H9F3N2. The molecule has 19 heavy (non-hydrogen) atoms. The summed E-state index contributed by atoms with van der Waals surface area (Å²) in [5.74, 6) is 0. The van der Waals surface area contributed by atoms with E-state index in [0.717, 1.165) is 6.07 Å². The average molecular weight is 262 g/mol. The van der Waals surface area contributed by atoms with Crippen LogP contribution in [0.5, 0.6) is 0 Å². The van der Waals surface area contributed by atoms with Crippen LogP contribution in [0.1, 0.15) is 5.56 Å². The Morgan fingerprint density at radius 2 is 1.68 bits per heavy atom. The van der Waals surface area contributed by atoms with Crippen LogP contribution in [0.3, 0.4) is 0 Å². The lowest BCUT2D eigenvalue weighted by Crippen LogP contribution is -2.07. The van der Waals surface area contributed by atoms with Crippen molar-refractivity contribution in [1.29, 1.82) is 0 Å². The maximum atomic E-state index is 13.0.